The highest BCUT2D eigenvalue weighted by molar-refractivity contribution is 5.89. The van der Waals surface area contributed by atoms with E-state index in [1.165, 1.54) is 5.56 Å². The summed E-state index contributed by atoms with van der Waals surface area (Å²) in [4.78, 5) is 16.5. The number of anilines is 1. The number of nitrogens with zero attached hydrogens (tertiary/aromatic N) is 1. The molecule has 0 atom stereocenters. The molecule has 0 fully saturated rings. The van der Waals surface area contributed by atoms with E-state index >= 15 is 0 Å². The van der Waals surface area contributed by atoms with Crippen molar-refractivity contribution in [2.24, 2.45) is 0 Å². The number of hydrogen-bond donors (Lipinski definition) is 2. The molecule has 0 aliphatic rings. The highest BCUT2D eigenvalue weighted by atomic mass is 16.3. The molecule has 0 unspecified atom stereocenters. The summed E-state index contributed by atoms with van der Waals surface area (Å²) in [6.07, 6.45) is 0.797. The minimum Gasteiger partial charge on any atom is -0.436 e. The van der Waals surface area contributed by atoms with E-state index in [9.17, 15) is 4.79 Å². The molecule has 0 aliphatic carbocycles. The molecule has 134 valence electrons. The van der Waals surface area contributed by atoms with Crippen molar-refractivity contribution in [2.45, 2.75) is 6.42 Å². The monoisotopic (exact) mass is 357 g/mol. The number of carbonyl (C=O) groups excluding carboxylic acids is 1. The summed E-state index contributed by atoms with van der Waals surface area (Å²) >= 11 is 0. The lowest BCUT2D eigenvalue weighted by Gasteiger charge is -2.08. The van der Waals surface area contributed by atoms with Gasteiger partial charge in [-0.1, -0.05) is 42.5 Å². The van der Waals surface area contributed by atoms with Gasteiger partial charge in [-0.25, -0.2) is 9.78 Å². The number of para-hydroxylation sites is 2. The van der Waals surface area contributed by atoms with E-state index in [4.69, 9.17) is 4.42 Å². The van der Waals surface area contributed by atoms with Gasteiger partial charge < -0.3 is 15.1 Å². The Morgan fingerprint density at radius 1 is 0.889 bits per heavy atom. The number of urea groups is 1. The summed E-state index contributed by atoms with van der Waals surface area (Å²) < 4.78 is 5.76. The zero-order valence-corrected chi connectivity index (χ0v) is 14.7. The van der Waals surface area contributed by atoms with Crippen LogP contribution in [-0.4, -0.2) is 17.6 Å². The molecular formula is C22H19N3O2. The van der Waals surface area contributed by atoms with E-state index in [2.05, 4.69) is 15.6 Å². The second-order valence-corrected chi connectivity index (χ2v) is 6.18. The SMILES string of the molecule is O=C(NCCc1ccccc1)Nc1ccc(-c2nc3ccccc3o2)cc1. The number of benzene rings is 3. The van der Waals surface area contributed by atoms with Crippen molar-refractivity contribution in [2.75, 3.05) is 11.9 Å². The number of fused-ring (bicyclic) bond motifs is 1. The Morgan fingerprint density at radius 3 is 2.41 bits per heavy atom. The molecule has 3 aromatic carbocycles. The third kappa shape index (κ3) is 4.15. The van der Waals surface area contributed by atoms with E-state index in [1.807, 2.05) is 78.9 Å². The summed E-state index contributed by atoms with van der Waals surface area (Å²) in [7, 11) is 0. The zero-order chi connectivity index (χ0) is 18.5. The Balaban J connectivity index is 1.34. The van der Waals surface area contributed by atoms with Crippen LogP contribution in [0.15, 0.2) is 83.3 Å². The fraction of sp³-hybridized carbons (Fsp3) is 0.0909. The lowest BCUT2D eigenvalue weighted by molar-refractivity contribution is 0.252. The number of rotatable bonds is 5. The topological polar surface area (TPSA) is 67.2 Å². The minimum atomic E-state index is -0.222. The van der Waals surface area contributed by atoms with Gasteiger partial charge in [0.15, 0.2) is 5.58 Å². The molecule has 0 aliphatic heterocycles. The van der Waals surface area contributed by atoms with Crippen molar-refractivity contribution < 1.29 is 9.21 Å². The predicted octanol–water partition coefficient (Wildman–Crippen LogP) is 4.86. The third-order valence-corrected chi connectivity index (χ3v) is 4.23. The normalized spacial score (nSPS) is 10.7. The van der Waals surface area contributed by atoms with Crippen molar-refractivity contribution >= 4 is 22.8 Å². The van der Waals surface area contributed by atoms with Gasteiger partial charge in [0, 0.05) is 17.8 Å². The van der Waals surface area contributed by atoms with E-state index in [0.717, 1.165) is 23.1 Å². The second kappa shape index (κ2) is 7.74. The summed E-state index contributed by atoms with van der Waals surface area (Å²) in [6, 6.07) is 24.9. The molecule has 4 rings (SSSR count). The summed E-state index contributed by atoms with van der Waals surface area (Å²) in [6.45, 7) is 0.580. The smallest absolute Gasteiger partial charge is 0.319 e. The number of nitrogens with one attached hydrogen (secondary N) is 2. The fourth-order valence-electron chi connectivity index (χ4n) is 2.83. The third-order valence-electron chi connectivity index (χ3n) is 4.23. The van der Waals surface area contributed by atoms with Crippen LogP contribution in [0.1, 0.15) is 5.56 Å². The molecule has 0 saturated heterocycles. The van der Waals surface area contributed by atoms with Gasteiger partial charge in [0.05, 0.1) is 0 Å². The van der Waals surface area contributed by atoms with Crippen LogP contribution in [0.5, 0.6) is 0 Å². The van der Waals surface area contributed by atoms with Crippen LogP contribution in [0.25, 0.3) is 22.6 Å². The Kier molecular flexibility index (Phi) is 4.83. The van der Waals surface area contributed by atoms with Gasteiger partial charge in [-0.2, -0.15) is 0 Å². The van der Waals surface area contributed by atoms with Gasteiger partial charge in [0.2, 0.25) is 5.89 Å². The molecule has 0 radical (unpaired) electrons. The van der Waals surface area contributed by atoms with Crippen LogP contribution < -0.4 is 10.6 Å². The Morgan fingerprint density at radius 2 is 1.63 bits per heavy atom. The first-order chi connectivity index (χ1) is 13.3. The Hall–Kier alpha value is -3.60. The second-order valence-electron chi connectivity index (χ2n) is 6.18. The van der Waals surface area contributed by atoms with Gasteiger partial charge in [0.25, 0.3) is 0 Å². The molecule has 0 saturated carbocycles. The number of aromatic nitrogens is 1. The van der Waals surface area contributed by atoms with E-state index in [0.29, 0.717) is 18.1 Å². The molecule has 0 bridgehead atoms. The first kappa shape index (κ1) is 16.8. The van der Waals surface area contributed by atoms with Crippen molar-refractivity contribution in [3.8, 4) is 11.5 Å². The van der Waals surface area contributed by atoms with E-state index in [-0.39, 0.29) is 6.03 Å². The predicted molar refractivity (Wildman–Crippen MR) is 107 cm³/mol. The van der Waals surface area contributed by atoms with Crippen LogP contribution in [0.4, 0.5) is 10.5 Å². The highest BCUT2D eigenvalue weighted by Gasteiger charge is 2.08. The molecule has 1 aromatic heterocycles. The molecule has 2 N–H and O–H groups in total. The zero-order valence-electron chi connectivity index (χ0n) is 14.7. The first-order valence-electron chi connectivity index (χ1n) is 8.83. The van der Waals surface area contributed by atoms with Gasteiger partial charge in [-0.05, 0) is 48.4 Å². The molecule has 5 nitrogen and oxygen atoms in total. The van der Waals surface area contributed by atoms with Crippen molar-refractivity contribution in [3.63, 3.8) is 0 Å². The quantitative estimate of drug-likeness (QED) is 0.536. The maximum Gasteiger partial charge on any atom is 0.319 e. The lowest BCUT2D eigenvalue weighted by Crippen LogP contribution is -2.30. The van der Waals surface area contributed by atoms with E-state index < -0.39 is 0 Å². The van der Waals surface area contributed by atoms with Crippen LogP contribution in [-0.2, 0) is 6.42 Å². The van der Waals surface area contributed by atoms with Gasteiger partial charge in [-0.15, -0.1) is 0 Å². The minimum absolute atomic E-state index is 0.222. The average molecular weight is 357 g/mol. The number of oxazole rings is 1. The largest absolute Gasteiger partial charge is 0.436 e. The molecule has 2 amide bonds. The molecule has 5 heteroatoms. The van der Waals surface area contributed by atoms with Crippen LogP contribution in [0, 0.1) is 0 Å². The van der Waals surface area contributed by atoms with Crippen molar-refractivity contribution in [1.29, 1.82) is 0 Å². The molecule has 4 aromatic rings. The first-order valence-corrected chi connectivity index (χ1v) is 8.83. The summed E-state index contributed by atoms with van der Waals surface area (Å²) in [5.74, 6) is 0.565. The maximum absolute atomic E-state index is 12.0. The van der Waals surface area contributed by atoms with Crippen LogP contribution in [0.3, 0.4) is 0 Å². The van der Waals surface area contributed by atoms with Crippen molar-refractivity contribution in [3.05, 3.63) is 84.4 Å². The van der Waals surface area contributed by atoms with Gasteiger partial charge >= 0.3 is 6.03 Å². The van der Waals surface area contributed by atoms with Crippen molar-refractivity contribution in [1.82, 2.24) is 10.3 Å². The summed E-state index contributed by atoms with van der Waals surface area (Å²) in [5, 5.41) is 5.70. The average Bonchev–Trinajstić information content (AvgIpc) is 3.13. The Labute approximate surface area is 157 Å². The molecule has 27 heavy (non-hydrogen) atoms. The lowest BCUT2D eigenvalue weighted by atomic mass is 10.1. The highest BCUT2D eigenvalue weighted by Crippen LogP contribution is 2.25. The van der Waals surface area contributed by atoms with Crippen LogP contribution in [0.2, 0.25) is 0 Å². The number of hydrogen-bond acceptors (Lipinski definition) is 3. The van der Waals surface area contributed by atoms with E-state index in [1.54, 1.807) is 0 Å². The Bertz CT molecular complexity index is 1010. The molecule has 0 spiro atoms. The van der Waals surface area contributed by atoms with Crippen LogP contribution >= 0.6 is 0 Å². The maximum atomic E-state index is 12.0. The van der Waals surface area contributed by atoms with Gasteiger partial charge in [0.1, 0.15) is 5.52 Å². The number of carbonyl (C=O) groups is 1. The standard InChI is InChI=1S/C22H19N3O2/c26-22(23-15-14-16-6-2-1-3-7-16)24-18-12-10-17(11-13-18)21-25-19-8-4-5-9-20(19)27-21/h1-13H,14-15H2,(H2,23,24,26). The molecular weight excluding hydrogens is 338 g/mol. The van der Waals surface area contributed by atoms with Gasteiger partial charge in [-0.3, -0.25) is 0 Å². The fourth-order valence-corrected chi connectivity index (χ4v) is 2.83. The summed E-state index contributed by atoms with van der Waals surface area (Å²) in [5.41, 5.74) is 4.36. The molecule has 1 heterocycles. The number of amides is 2.